The molecule has 3 rings (SSSR count). The minimum atomic E-state index is -0.323. The summed E-state index contributed by atoms with van der Waals surface area (Å²) < 4.78 is 14.0. The van der Waals surface area contributed by atoms with E-state index in [4.69, 9.17) is 5.26 Å². The molecule has 1 saturated heterocycles. The van der Waals surface area contributed by atoms with Gasteiger partial charge in [0.2, 0.25) is 0 Å². The Hall–Kier alpha value is -2.39. The van der Waals surface area contributed by atoms with E-state index in [9.17, 15) is 4.39 Å². The number of nitriles is 1. The first-order valence-corrected chi connectivity index (χ1v) is 6.91. The first-order valence-electron chi connectivity index (χ1n) is 6.91. The van der Waals surface area contributed by atoms with Crippen LogP contribution in [0.5, 0.6) is 0 Å². The normalized spacial score (nSPS) is 15.9. The zero-order chi connectivity index (χ0) is 14.7. The van der Waals surface area contributed by atoms with Crippen molar-refractivity contribution in [2.24, 2.45) is 0 Å². The van der Waals surface area contributed by atoms with Crippen molar-refractivity contribution >= 4 is 5.69 Å². The van der Waals surface area contributed by atoms with Gasteiger partial charge in [-0.1, -0.05) is 0 Å². The summed E-state index contributed by atoms with van der Waals surface area (Å²) in [7, 11) is 0. The lowest BCUT2D eigenvalue weighted by Gasteiger charge is -2.36. The Morgan fingerprint density at radius 1 is 1.24 bits per heavy atom. The smallest absolute Gasteiger partial charge is 0.147 e. The minimum absolute atomic E-state index is 0.323. The molecule has 1 fully saturated rings. The number of aromatic nitrogens is 2. The second kappa shape index (κ2) is 5.94. The summed E-state index contributed by atoms with van der Waals surface area (Å²) in [5, 5.41) is 15.7. The molecule has 0 atom stereocenters. The van der Waals surface area contributed by atoms with Gasteiger partial charge < -0.3 is 4.90 Å². The van der Waals surface area contributed by atoms with Gasteiger partial charge in [-0.15, -0.1) is 0 Å². The number of piperazine rings is 1. The topological polar surface area (TPSA) is 59.0 Å². The van der Waals surface area contributed by atoms with Crippen molar-refractivity contribution in [3.8, 4) is 6.07 Å². The molecule has 0 spiro atoms. The van der Waals surface area contributed by atoms with Crippen molar-refractivity contribution in [1.82, 2.24) is 15.1 Å². The summed E-state index contributed by atoms with van der Waals surface area (Å²) in [5.41, 5.74) is 2.03. The van der Waals surface area contributed by atoms with Crippen molar-refractivity contribution < 1.29 is 4.39 Å². The number of aromatic amines is 1. The molecule has 1 aliphatic rings. The molecule has 1 N–H and O–H groups in total. The van der Waals surface area contributed by atoms with Crippen molar-refractivity contribution in [2.45, 2.75) is 6.54 Å². The average Bonchev–Trinajstić information content (AvgIpc) is 3.01. The van der Waals surface area contributed by atoms with Gasteiger partial charge in [-0.25, -0.2) is 4.39 Å². The molecule has 6 heteroatoms. The van der Waals surface area contributed by atoms with Gasteiger partial charge in [-0.05, 0) is 24.3 Å². The van der Waals surface area contributed by atoms with Crippen LogP contribution in [0.3, 0.4) is 0 Å². The second-order valence-corrected chi connectivity index (χ2v) is 5.12. The number of hydrogen-bond acceptors (Lipinski definition) is 4. The molecule has 21 heavy (non-hydrogen) atoms. The highest BCUT2D eigenvalue weighted by Crippen LogP contribution is 2.22. The standard InChI is InChI=1S/C15H16FN5/c16-14-9-12(10-17)1-2-15(14)21-7-5-20(6-8-21)11-13-3-4-18-19-13/h1-4,9H,5-8,11H2,(H,18,19). The van der Waals surface area contributed by atoms with Crippen LogP contribution >= 0.6 is 0 Å². The largest absolute Gasteiger partial charge is 0.367 e. The van der Waals surface area contributed by atoms with Gasteiger partial charge in [0.05, 0.1) is 17.3 Å². The van der Waals surface area contributed by atoms with E-state index in [1.54, 1.807) is 18.3 Å². The third-order valence-electron chi connectivity index (χ3n) is 3.74. The van der Waals surface area contributed by atoms with Crippen LogP contribution in [0, 0.1) is 17.1 Å². The molecular formula is C15H16FN5. The molecule has 1 aromatic carbocycles. The number of hydrogen-bond donors (Lipinski definition) is 1. The predicted molar refractivity (Wildman–Crippen MR) is 77.2 cm³/mol. The maximum atomic E-state index is 14.0. The zero-order valence-corrected chi connectivity index (χ0v) is 11.6. The minimum Gasteiger partial charge on any atom is -0.367 e. The number of nitrogens with zero attached hydrogens (tertiary/aromatic N) is 4. The molecule has 1 aromatic heterocycles. The molecule has 1 aliphatic heterocycles. The van der Waals surface area contributed by atoms with Gasteiger partial charge in [0.25, 0.3) is 0 Å². The molecule has 0 saturated carbocycles. The molecule has 108 valence electrons. The zero-order valence-electron chi connectivity index (χ0n) is 11.6. The van der Waals surface area contributed by atoms with Crippen molar-refractivity contribution in [2.75, 3.05) is 31.1 Å². The number of H-pyrrole nitrogens is 1. The van der Waals surface area contributed by atoms with Crippen LogP contribution in [-0.4, -0.2) is 41.3 Å². The van der Waals surface area contributed by atoms with Crippen LogP contribution in [0.4, 0.5) is 10.1 Å². The molecule has 0 radical (unpaired) electrons. The van der Waals surface area contributed by atoms with Gasteiger partial charge in [0.1, 0.15) is 5.82 Å². The SMILES string of the molecule is N#Cc1ccc(N2CCN(Cc3ccn[nH]3)CC2)c(F)c1. The van der Waals surface area contributed by atoms with E-state index in [-0.39, 0.29) is 5.82 Å². The van der Waals surface area contributed by atoms with Gasteiger partial charge in [-0.3, -0.25) is 10.00 Å². The fraction of sp³-hybridized carbons (Fsp3) is 0.333. The van der Waals surface area contributed by atoms with E-state index < -0.39 is 0 Å². The van der Waals surface area contributed by atoms with Gasteiger partial charge in [0, 0.05) is 44.6 Å². The predicted octanol–water partition coefficient (Wildman–Crippen LogP) is 1.74. The highest BCUT2D eigenvalue weighted by Gasteiger charge is 2.19. The lowest BCUT2D eigenvalue weighted by Crippen LogP contribution is -2.46. The van der Waals surface area contributed by atoms with E-state index in [2.05, 4.69) is 15.1 Å². The van der Waals surface area contributed by atoms with Crippen molar-refractivity contribution in [1.29, 1.82) is 5.26 Å². The first-order chi connectivity index (χ1) is 10.3. The third-order valence-corrected chi connectivity index (χ3v) is 3.74. The van der Waals surface area contributed by atoms with Gasteiger partial charge >= 0.3 is 0 Å². The number of benzene rings is 1. The Morgan fingerprint density at radius 3 is 2.67 bits per heavy atom. The molecular weight excluding hydrogens is 269 g/mol. The van der Waals surface area contributed by atoms with Gasteiger partial charge in [-0.2, -0.15) is 10.4 Å². The summed E-state index contributed by atoms with van der Waals surface area (Å²) in [6.45, 7) is 4.13. The summed E-state index contributed by atoms with van der Waals surface area (Å²) in [4.78, 5) is 4.34. The number of halogens is 1. The average molecular weight is 285 g/mol. The highest BCUT2D eigenvalue weighted by atomic mass is 19.1. The fourth-order valence-electron chi connectivity index (χ4n) is 2.59. The van der Waals surface area contributed by atoms with Crippen LogP contribution in [0.2, 0.25) is 0 Å². The monoisotopic (exact) mass is 285 g/mol. The maximum absolute atomic E-state index is 14.0. The molecule has 2 aromatic rings. The Morgan fingerprint density at radius 2 is 2.05 bits per heavy atom. The quantitative estimate of drug-likeness (QED) is 0.933. The Kier molecular flexibility index (Phi) is 3.84. The van der Waals surface area contributed by atoms with E-state index in [0.29, 0.717) is 11.3 Å². The second-order valence-electron chi connectivity index (χ2n) is 5.12. The molecule has 0 bridgehead atoms. The van der Waals surface area contributed by atoms with Crippen molar-refractivity contribution in [3.63, 3.8) is 0 Å². The Bertz CT molecular complexity index is 639. The first kappa shape index (κ1) is 13.6. The lowest BCUT2D eigenvalue weighted by atomic mass is 10.2. The highest BCUT2D eigenvalue weighted by molar-refractivity contribution is 5.51. The van der Waals surface area contributed by atoms with E-state index in [1.165, 1.54) is 6.07 Å². The summed E-state index contributed by atoms with van der Waals surface area (Å²) in [6.07, 6.45) is 1.75. The fourth-order valence-corrected chi connectivity index (χ4v) is 2.59. The molecule has 2 heterocycles. The molecule has 0 aliphatic carbocycles. The number of rotatable bonds is 3. The van der Waals surface area contributed by atoms with Crippen molar-refractivity contribution in [3.05, 3.63) is 47.5 Å². The van der Waals surface area contributed by atoms with Crippen LogP contribution in [0.1, 0.15) is 11.3 Å². The summed E-state index contributed by atoms with van der Waals surface area (Å²) in [6, 6.07) is 8.57. The van der Waals surface area contributed by atoms with Crippen LogP contribution in [0.15, 0.2) is 30.5 Å². The maximum Gasteiger partial charge on any atom is 0.147 e. The summed E-state index contributed by atoms with van der Waals surface area (Å²) in [5.74, 6) is -0.323. The molecule has 0 amide bonds. The molecule has 0 unspecified atom stereocenters. The lowest BCUT2D eigenvalue weighted by molar-refractivity contribution is 0.246. The molecule has 5 nitrogen and oxygen atoms in total. The van der Waals surface area contributed by atoms with E-state index in [0.717, 1.165) is 38.4 Å². The van der Waals surface area contributed by atoms with Crippen LogP contribution < -0.4 is 4.90 Å². The van der Waals surface area contributed by atoms with E-state index in [1.807, 2.05) is 17.0 Å². The Balaban J connectivity index is 1.62. The third kappa shape index (κ3) is 3.03. The van der Waals surface area contributed by atoms with Crippen LogP contribution in [0.25, 0.3) is 0 Å². The number of anilines is 1. The van der Waals surface area contributed by atoms with Gasteiger partial charge in [0.15, 0.2) is 0 Å². The van der Waals surface area contributed by atoms with E-state index >= 15 is 0 Å². The Labute approximate surface area is 122 Å². The number of nitrogens with one attached hydrogen (secondary N) is 1. The van der Waals surface area contributed by atoms with Crippen LogP contribution in [-0.2, 0) is 6.54 Å². The summed E-state index contributed by atoms with van der Waals surface area (Å²) >= 11 is 0.